The van der Waals surface area contributed by atoms with Crippen LogP contribution in [0.4, 0.5) is 5.69 Å². The van der Waals surface area contributed by atoms with E-state index in [4.69, 9.17) is 16.3 Å². The molecule has 4 nitrogen and oxygen atoms in total. The molecule has 1 aromatic heterocycles. The summed E-state index contributed by atoms with van der Waals surface area (Å²) in [5.74, 6) is 0.579. The molecule has 0 spiro atoms. The molecule has 6 heteroatoms. The Morgan fingerprint density at radius 2 is 2.00 bits per heavy atom. The molecule has 0 aliphatic carbocycles. The average Bonchev–Trinajstić information content (AvgIpc) is 3.15. The van der Waals surface area contributed by atoms with Crippen LogP contribution >= 0.6 is 22.9 Å². The maximum Gasteiger partial charge on any atom is 0.277 e. The molecule has 0 aliphatic rings. The van der Waals surface area contributed by atoms with E-state index < -0.39 is 0 Å². The van der Waals surface area contributed by atoms with Crippen LogP contribution in [-0.2, 0) is 0 Å². The van der Waals surface area contributed by atoms with Gasteiger partial charge in [0.05, 0.1) is 11.6 Å². The second-order valence-corrected chi connectivity index (χ2v) is 6.99. The highest BCUT2D eigenvalue weighted by Crippen LogP contribution is 2.33. The van der Waals surface area contributed by atoms with Gasteiger partial charge in [-0.15, -0.1) is 11.3 Å². The predicted molar refractivity (Wildman–Crippen MR) is 108 cm³/mol. The number of halogens is 1. The smallest absolute Gasteiger partial charge is 0.277 e. The van der Waals surface area contributed by atoms with Crippen molar-refractivity contribution in [3.63, 3.8) is 0 Å². The van der Waals surface area contributed by atoms with Gasteiger partial charge in [0.2, 0.25) is 0 Å². The van der Waals surface area contributed by atoms with Crippen LogP contribution in [0.2, 0.25) is 5.02 Å². The molecule has 0 bridgehead atoms. The number of nitrogens with zero attached hydrogens (tertiary/aromatic N) is 2. The number of anilines is 1. The van der Waals surface area contributed by atoms with E-state index in [-0.39, 0.29) is 5.91 Å². The van der Waals surface area contributed by atoms with Gasteiger partial charge < -0.3 is 9.64 Å². The van der Waals surface area contributed by atoms with Gasteiger partial charge in [0.1, 0.15) is 16.5 Å². The molecule has 1 heterocycles. The molecule has 2 aromatic carbocycles. The number of rotatable bonds is 6. The molecule has 3 aromatic rings. The second kappa shape index (κ2) is 8.34. The summed E-state index contributed by atoms with van der Waals surface area (Å²) in [6, 6.07) is 15.0. The van der Waals surface area contributed by atoms with Crippen LogP contribution in [0.1, 0.15) is 23.8 Å². The highest BCUT2D eigenvalue weighted by Gasteiger charge is 2.18. The molecule has 0 saturated carbocycles. The Hall–Kier alpha value is -2.37. The van der Waals surface area contributed by atoms with Crippen LogP contribution in [-0.4, -0.2) is 24.5 Å². The number of carbonyl (C=O) groups excluding carboxylic acids is 1. The maximum absolute atomic E-state index is 12.7. The van der Waals surface area contributed by atoms with Crippen LogP contribution in [0.15, 0.2) is 53.9 Å². The van der Waals surface area contributed by atoms with Gasteiger partial charge in [-0.3, -0.25) is 4.79 Å². The highest BCUT2D eigenvalue weighted by atomic mass is 35.5. The van der Waals surface area contributed by atoms with Crippen molar-refractivity contribution in [2.75, 3.05) is 18.6 Å². The fourth-order valence-electron chi connectivity index (χ4n) is 2.42. The van der Waals surface area contributed by atoms with Gasteiger partial charge in [-0.05, 0) is 36.8 Å². The first-order chi connectivity index (χ1) is 12.6. The molecule has 3 rings (SSSR count). The van der Waals surface area contributed by atoms with Gasteiger partial charge in [-0.1, -0.05) is 36.7 Å². The Balaban J connectivity index is 1.80. The van der Waals surface area contributed by atoms with Gasteiger partial charge in [0, 0.05) is 23.7 Å². The predicted octanol–water partition coefficient (Wildman–Crippen LogP) is 5.53. The number of hydrogen-bond donors (Lipinski definition) is 0. The molecule has 26 heavy (non-hydrogen) atoms. The van der Waals surface area contributed by atoms with Crippen molar-refractivity contribution in [1.82, 2.24) is 4.98 Å². The molecular weight excluding hydrogens is 368 g/mol. The van der Waals surface area contributed by atoms with Gasteiger partial charge in [0.25, 0.3) is 5.91 Å². The van der Waals surface area contributed by atoms with Crippen LogP contribution in [0.5, 0.6) is 5.75 Å². The van der Waals surface area contributed by atoms with Crippen molar-refractivity contribution in [1.29, 1.82) is 0 Å². The average molecular weight is 387 g/mol. The minimum absolute atomic E-state index is 0.155. The summed E-state index contributed by atoms with van der Waals surface area (Å²) in [4.78, 5) is 18.7. The number of ether oxygens (including phenoxy) is 1. The van der Waals surface area contributed by atoms with Crippen molar-refractivity contribution < 1.29 is 9.53 Å². The summed E-state index contributed by atoms with van der Waals surface area (Å²) >= 11 is 7.78. The number of hydrogen-bond acceptors (Lipinski definition) is 4. The van der Waals surface area contributed by atoms with Gasteiger partial charge in [-0.25, -0.2) is 4.98 Å². The molecule has 1 amide bonds. The van der Waals surface area contributed by atoms with E-state index in [2.05, 4.69) is 11.9 Å². The number of aromatic nitrogens is 1. The monoisotopic (exact) mass is 386 g/mol. The van der Waals surface area contributed by atoms with Crippen molar-refractivity contribution in [3.8, 4) is 16.3 Å². The third-order valence-corrected chi connectivity index (χ3v) is 5.00. The third-order valence-electron chi connectivity index (χ3n) is 3.82. The fourth-order valence-corrected chi connectivity index (χ4v) is 3.56. The summed E-state index contributed by atoms with van der Waals surface area (Å²) in [5.41, 5.74) is 2.02. The Morgan fingerprint density at radius 1 is 1.23 bits per heavy atom. The van der Waals surface area contributed by atoms with Crippen molar-refractivity contribution in [3.05, 3.63) is 64.6 Å². The van der Waals surface area contributed by atoms with Gasteiger partial charge in [-0.2, -0.15) is 0 Å². The molecule has 0 aliphatic heterocycles. The number of para-hydroxylation sites is 1. The van der Waals surface area contributed by atoms with Gasteiger partial charge in [0.15, 0.2) is 0 Å². The van der Waals surface area contributed by atoms with Gasteiger partial charge >= 0.3 is 0 Å². The summed E-state index contributed by atoms with van der Waals surface area (Å²) in [7, 11) is 1.74. The van der Waals surface area contributed by atoms with Crippen LogP contribution in [0.3, 0.4) is 0 Å². The van der Waals surface area contributed by atoms with E-state index in [1.165, 1.54) is 11.3 Å². The van der Waals surface area contributed by atoms with E-state index >= 15 is 0 Å². The first-order valence-corrected chi connectivity index (χ1v) is 9.57. The fraction of sp³-hybridized carbons (Fsp3) is 0.200. The van der Waals surface area contributed by atoms with Crippen molar-refractivity contribution >= 4 is 34.5 Å². The third kappa shape index (κ3) is 4.06. The first kappa shape index (κ1) is 18.4. The first-order valence-electron chi connectivity index (χ1n) is 8.31. The molecule has 0 atom stereocenters. The molecule has 134 valence electrons. The lowest BCUT2D eigenvalue weighted by Crippen LogP contribution is -2.26. The van der Waals surface area contributed by atoms with Crippen LogP contribution < -0.4 is 9.64 Å². The zero-order chi connectivity index (χ0) is 18.5. The minimum Gasteiger partial charge on any atom is -0.494 e. The second-order valence-electron chi connectivity index (χ2n) is 5.73. The van der Waals surface area contributed by atoms with E-state index in [0.717, 1.165) is 23.4 Å². The highest BCUT2D eigenvalue weighted by molar-refractivity contribution is 7.13. The van der Waals surface area contributed by atoms with Crippen LogP contribution in [0.25, 0.3) is 10.6 Å². The topological polar surface area (TPSA) is 42.4 Å². The van der Waals surface area contributed by atoms with Crippen molar-refractivity contribution in [2.45, 2.75) is 13.3 Å². The Morgan fingerprint density at radius 3 is 2.69 bits per heavy atom. The largest absolute Gasteiger partial charge is 0.494 e. The molecule has 0 fully saturated rings. The summed E-state index contributed by atoms with van der Waals surface area (Å²) in [5, 5.41) is 3.03. The summed E-state index contributed by atoms with van der Waals surface area (Å²) in [6.45, 7) is 2.70. The summed E-state index contributed by atoms with van der Waals surface area (Å²) in [6.07, 6.45) is 0.937. The normalized spacial score (nSPS) is 10.6. The lowest BCUT2D eigenvalue weighted by molar-refractivity contribution is 0.0989. The lowest BCUT2D eigenvalue weighted by Gasteiger charge is -2.15. The standard InChI is InChI=1S/C20H19ClN2O2S/c1-3-11-25-15-9-10-16(17(21)12-15)19-22-18(13-26-19)20(24)23(2)14-7-5-4-6-8-14/h4-10,12-13H,3,11H2,1-2H3. The van der Waals surface area contributed by atoms with E-state index in [1.807, 2.05) is 42.5 Å². The van der Waals surface area contributed by atoms with Crippen molar-refractivity contribution in [2.24, 2.45) is 0 Å². The summed E-state index contributed by atoms with van der Waals surface area (Å²) < 4.78 is 5.59. The van der Waals surface area contributed by atoms with E-state index in [9.17, 15) is 4.79 Å². The lowest BCUT2D eigenvalue weighted by atomic mass is 10.2. The number of carbonyl (C=O) groups is 1. The molecule has 0 radical (unpaired) electrons. The Kier molecular flexibility index (Phi) is 5.91. The van der Waals surface area contributed by atoms with E-state index in [1.54, 1.807) is 23.4 Å². The zero-order valence-corrected chi connectivity index (χ0v) is 16.2. The minimum atomic E-state index is -0.155. The molecular formula is C20H19ClN2O2S. The number of benzene rings is 2. The number of thiazole rings is 1. The maximum atomic E-state index is 12.7. The zero-order valence-electron chi connectivity index (χ0n) is 14.6. The SMILES string of the molecule is CCCOc1ccc(-c2nc(C(=O)N(C)c3ccccc3)cs2)c(Cl)c1. The molecule has 0 unspecified atom stereocenters. The van der Waals surface area contributed by atoms with E-state index in [0.29, 0.717) is 22.3 Å². The number of amides is 1. The Bertz CT molecular complexity index is 896. The quantitative estimate of drug-likeness (QED) is 0.559. The van der Waals surface area contributed by atoms with Crippen LogP contribution in [0, 0.1) is 0 Å². The molecule has 0 N–H and O–H groups in total. The molecule has 0 saturated heterocycles. The Labute approximate surface area is 162 Å².